The molecule has 0 aliphatic heterocycles. The summed E-state index contributed by atoms with van der Waals surface area (Å²) in [7, 11) is -2.16. The number of rotatable bonds is 3. The van der Waals surface area contributed by atoms with Gasteiger partial charge in [0.05, 0.1) is 33.0 Å². The van der Waals surface area contributed by atoms with Crippen LogP contribution in [-0.2, 0) is 23.1 Å². The van der Waals surface area contributed by atoms with E-state index in [9.17, 15) is 21.6 Å². The molecular formula is C17H13BrF3N5O2S. The number of aromatic nitrogens is 5. The maximum atomic E-state index is 13.0. The average molecular weight is 488 g/mol. The molecule has 0 aliphatic rings. The van der Waals surface area contributed by atoms with Crippen LogP contribution in [0.5, 0.6) is 0 Å². The molecule has 12 heteroatoms. The number of hydrogen-bond acceptors (Lipinski definition) is 5. The van der Waals surface area contributed by atoms with Crippen LogP contribution >= 0.6 is 16.1 Å². The van der Waals surface area contributed by atoms with E-state index in [-0.39, 0.29) is 33.3 Å². The van der Waals surface area contributed by atoms with Crippen molar-refractivity contribution in [1.29, 1.82) is 0 Å². The third kappa shape index (κ3) is 3.01. The molecule has 0 saturated carbocycles. The molecular weight excluding hydrogens is 475 g/mol. The predicted molar refractivity (Wildman–Crippen MR) is 104 cm³/mol. The lowest BCUT2D eigenvalue weighted by Crippen LogP contribution is -2.09. The molecule has 0 aliphatic carbocycles. The highest BCUT2D eigenvalue weighted by Crippen LogP contribution is 2.39. The van der Waals surface area contributed by atoms with Crippen molar-refractivity contribution in [3.63, 3.8) is 0 Å². The van der Waals surface area contributed by atoms with E-state index in [4.69, 9.17) is 0 Å². The van der Waals surface area contributed by atoms with E-state index in [1.54, 1.807) is 31.3 Å². The Balaban J connectivity index is 2.11. The van der Waals surface area contributed by atoms with Gasteiger partial charge < -0.3 is 4.57 Å². The summed E-state index contributed by atoms with van der Waals surface area (Å²) in [6.45, 7) is 1.51. The third-order valence-corrected chi connectivity index (χ3v) is 7.29. The van der Waals surface area contributed by atoms with Gasteiger partial charge in [0.15, 0.2) is 26.2 Å². The Kier molecular flexibility index (Phi) is 4.46. The molecule has 3 aromatic heterocycles. The van der Waals surface area contributed by atoms with E-state index in [2.05, 4.69) is 31.3 Å². The number of hydrogen-bond donors (Lipinski definition) is 0. The van der Waals surface area contributed by atoms with E-state index in [1.165, 1.54) is 15.1 Å². The molecule has 0 fully saturated rings. The largest absolute Gasteiger partial charge is 0.435 e. The van der Waals surface area contributed by atoms with Gasteiger partial charge in [-0.05, 0) is 6.07 Å². The summed E-state index contributed by atoms with van der Waals surface area (Å²) in [5, 5.41) is 7.44. The minimum Gasteiger partial charge on any atom is -0.310 e. The van der Waals surface area contributed by atoms with Gasteiger partial charge in [-0.2, -0.15) is 13.2 Å². The second-order valence-electron chi connectivity index (χ2n) is 6.31. The first-order valence-electron chi connectivity index (χ1n) is 8.36. The molecule has 0 amide bonds. The van der Waals surface area contributed by atoms with Crippen molar-refractivity contribution in [3.8, 4) is 11.4 Å². The number of halogens is 4. The number of alkyl halides is 3. The summed E-state index contributed by atoms with van der Waals surface area (Å²) in [6.07, 6.45) is -4.67. The predicted octanol–water partition coefficient (Wildman–Crippen LogP) is 3.96. The summed E-state index contributed by atoms with van der Waals surface area (Å²) < 4.78 is 67.5. The molecule has 0 saturated heterocycles. The fourth-order valence-electron chi connectivity index (χ4n) is 3.16. The highest BCUT2D eigenvalue weighted by molar-refractivity contribution is 9.08. The minimum atomic E-state index is -4.67. The summed E-state index contributed by atoms with van der Waals surface area (Å²) in [5.41, 5.74) is -0.216. The van der Waals surface area contributed by atoms with Gasteiger partial charge >= 0.3 is 6.18 Å². The summed E-state index contributed by atoms with van der Waals surface area (Å²) in [4.78, 5) is 4.29. The molecule has 0 unspecified atom stereocenters. The van der Waals surface area contributed by atoms with E-state index in [0.717, 1.165) is 6.07 Å². The van der Waals surface area contributed by atoms with Crippen molar-refractivity contribution in [2.45, 2.75) is 18.1 Å². The second kappa shape index (κ2) is 6.52. The lowest BCUT2D eigenvalue weighted by molar-refractivity contribution is -0.141. The van der Waals surface area contributed by atoms with Crippen molar-refractivity contribution in [1.82, 2.24) is 23.3 Å². The van der Waals surface area contributed by atoms with E-state index in [1.807, 2.05) is 0 Å². The molecule has 0 radical (unpaired) electrons. The van der Waals surface area contributed by atoms with Gasteiger partial charge in [0.25, 0.3) is 0 Å². The highest BCUT2D eigenvalue weighted by Gasteiger charge is 2.35. The van der Waals surface area contributed by atoms with Crippen LogP contribution in [-0.4, -0.2) is 37.5 Å². The number of benzene rings is 1. The lowest BCUT2D eigenvalue weighted by atomic mass is 10.1. The maximum absolute atomic E-state index is 13.0. The lowest BCUT2D eigenvalue weighted by Gasteiger charge is -2.07. The van der Waals surface area contributed by atoms with Crippen LogP contribution in [0.2, 0.25) is 0 Å². The molecule has 3 heterocycles. The number of fused-ring (bicyclic) bond motifs is 2. The molecule has 0 spiro atoms. The number of para-hydroxylation sites is 1. The Bertz CT molecular complexity index is 1380. The van der Waals surface area contributed by atoms with Gasteiger partial charge in [0, 0.05) is 18.5 Å². The Labute approximate surface area is 171 Å². The monoisotopic (exact) mass is 487 g/mol. The van der Waals surface area contributed by atoms with Crippen LogP contribution in [0.25, 0.3) is 33.5 Å². The Morgan fingerprint density at radius 1 is 1.17 bits per heavy atom. The second-order valence-corrected chi connectivity index (χ2v) is 9.21. The molecule has 0 bridgehead atoms. The van der Waals surface area contributed by atoms with E-state index in [0.29, 0.717) is 10.9 Å². The van der Waals surface area contributed by atoms with Gasteiger partial charge in [0.2, 0.25) is 0 Å². The maximum Gasteiger partial charge on any atom is 0.435 e. The minimum absolute atomic E-state index is 0.0244. The van der Waals surface area contributed by atoms with Crippen LogP contribution in [0.15, 0.2) is 35.4 Å². The fraction of sp³-hybridized carbons (Fsp3) is 0.235. The zero-order chi connectivity index (χ0) is 21.1. The van der Waals surface area contributed by atoms with Crippen LogP contribution in [0.1, 0.15) is 12.6 Å². The van der Waals surface area contributed by atoms with Gasteiger partial charge in [-0.1, -0.05) is 25.1 Å². The third-order valence-electron chi connectivity index (χ3n) is 4.58. The topological polar surface area (TPSA) is 82.7 Å². The van der Waals surface area contributed by atoms with E-state index >= 15 is 0 Å². The van der Waals surface area contributed by atoms with Crippen molar-refractivity contribution in [3.05, 3.63) is 36.0 Å². The van der Waals surface area contributed by atoms with Gasteiger partial charge in [-0.3, -0.25) is 3.59 Å². The van der Waals surface area contributed by atoms with Crippen LogP contribution in [0, 0.1) is 0 Å². The fourth-order valence-corrected chi connectivity index (χ4v) is 5.43. The summed E-state index contributed by atoms with van der Waals surface area (Å²) >= 11 is 3.31. The molecule has 29 heavy (non-hydrogen) atoms. The van der Waals surface area contributed by atoms with Crippen molar-refractivity contribution < 1.29 is 21.6 Å². The zero-order valence-corrected chi connectivity index (χ0v) is 17.5. The Hall–Kier alpha value is -2.47. The highest BCUT2D eigenvalue weighted by atomic mass is 79.9. The number of aryl methyl sites for hydroxylation is 1. The quantitative estimate of drug-likeness (QED) is 0.436. The summed E-state index contributed by atoms with van der Waals surface area (Å²) in [5.74, 6) is 0.0132. The first-order chi connectivity index (χ1) is 13.6. The molecule has 7 nitrogen and oxygen atoms in total. The van der Waals surface area contributed by atoms with Crippen LogP contribution in [0.4, 0.5) is 13.2 Å². The number of imidazole rings is 1. The van der Waals surface area contributed by atoms with Gasteiger partial charge in [-0.25, -0.2) is 13.4 Å². The molecule has 0 N–H and O–H groups in total. The van der Waals surface area contributed by atoms with Crippen molar-refractivity contribution in [2.75, 3.05) is 5.75 Å². The zero-order valence-electron chi connectivity index (χ0n) is 15.1. The average Bonchev–Trinajstić information content (AvgIpc) is 3.16. The molecule has 0 atom stereocenters. The first-order valence-corrected chi connectivity index (χ1v) is 10.7. The molecule has 1 aromatic carbocycles. The SMILES string of the molecule is CCS(=O)(=O)c1c(-c2nc3cc(C(F)(F)F)nnc3n2C)c2ccccc2n1Br. The van der Waals surface area contributed by atoms with Crippen LogP contribution < -0.4 is 0 Å². The first kappa shape index (κ1) is 19.8. The Morgan fingerprint density at radius 2 is 1.86 bits per heavy atom. The number of sulfone groups is 1. The standard InChI is InChI=1S/C17H13BrF3N5O2S/c1-3-29(27,28)16-13(9-6-4-5-7-11(9)26(16)18)15-22-10-8-12(17(19,20)21)23-24-14(10)25(15)2/h4-8H,3H2,1-2H3. The number of nitrogens with zero attached hydrogens (tertiary/aromatic N) is 5. The smallest absolute Gasteiger partial charge is 0.310 e. The van der Waals surface area contributed by atoms with Crippen molar-refractivity contribution in [2.24, 2.45) is 7.05 Å². The molecule has 4 aromatic rings. The Morgan fingerprint density at radius 3 is 2.52 bits per heavy atom. The summed E-state index contributed by atoms with van der Waals surface area (Å²) in [6, 6.07) is 7.75. The van der Waals surface area contributed by atoms with Crippen molar-refractivity contribution >= 4 is 48.1 Å². The van der Waals surface area contributed by atoms with Gasteiger partial charge in [0.1, 0.15) is 11.3 Å². The molecule has 4 rings (SSSR count). The van der Waals surface area contributed by atoms with E-state index < -0.39 is 21.7 Å². The normalized spacial score (nSPS) is 12.9. The molecule has 152 valence electrons. The van der Waals surface area contributed by atoms with Crippen LogP contribution in [0.3, 0.4) is 0 Å². The van der Waals surface area contributed by atoms with Gasteiger partial charge in [-0.15, -0.1) is 10.2 Å².